The Morgan fingerprint density at radius 2 is 1.79 bits per heavy atom. The van der Waals surface area contributed by atoms with E-state index in [1.165, 1.54) is 5.56 Å². The number of fused-ring (bicyclic) bond motifs is 1. The van der Waals surface area contributed by atoms with Crippen LogP contribution in [0.25, 0.3) is 0 Å². The van der Waals surface area contributed by atoms with Crippen molar-refractivity contribution in [2.45, 2.75) is 12.8 Å². The van der Waals surface area contributed by atoms with Gasteiger partial charge in [-0.1, -0.05) is 0 Å². The average molecular weight is 282 g/mol. The second-order valence-electron chi connectivity index (χ2n) is 5.28. The molecule has 0 radical (unpaired) electrons. The van der Waals surface area contributed by atoms with Gasteiger partial charge in [0.25, 0.3) is 0 Å². The van der Waals surface area contributed by atoms with E-state index in [9.17, 15) is 0 Å². The highest BCUT2D eigenvalue weighted by Gasteiger charge is 2.22. The topological polar surface area (TPSA) is 44.3 Å². The second-order valence-corrected chi connectivity index (χ2v) is 5.62. The lowest BCUT2D eigenvalue weighted by atomic mass is 10.1. The normalized spacial score (nSPS) is 21.1. The van der Waals surface area contributed by atoms with Gasteiger partial charge in [0.2, 0.25) is 5.28 Å². The van der Waals surface area contributed by atoms with Crippen LogP contribution in [-0.2, 0) is 12.8 Å². The molecule has 2 aliphatic heterocycles. The molecule has 1 aromatic heterocycles. The molecule has 3 heterocycles. The number of halogens is 1. The van der Waals surface area contributed by atoms with E-state index < -0.39 is 0 Å². The molecular weight excluding hydrogens is 262 g/mol. The highest BCUT2D eigenvalue weighted by atomic mass is 35.5. The van der Waals surface area contributed by atoms with Crippen LogP contribution < -0.4 is 10.2 Å². The van der Waals surface area contributed by atoms with Gasteiger partial charge in [0.05, 0.1) is 5.69 Å². The summed E-state index contributed by atoms with van der Waals surface area (Å²) in [5.74, 6) is 1.06. The minimum absolute atomic E-state index is 0.384. The molecule has 1 saturated heterocycles. The number of hydrogen-bond acceptors (Lipinski definition) is 5. The van der Waals surface area contributed by atoms with Gasteiger partial charge in [0, 0.05) is 44.7 Å². The summed E-state index contributed by atoms with van der Waals surface area (Å²) in [6.07, 6.45) is 1.94. The Labute approximate surface area is 119 Å². The van der Waals surface area contributed by atoms with E-state index in [4.69, 9.17) is 11.6 Å². The van der Waals surface area contributed by atoms with Crippen molar-refractivity contribution in [3.63, 3.8) is 0 Å². The summed E-state index contributed by atoms with van der Waals surface area (Å²) in [6.45, 7) is 6.16. The average Bonchev–Trinajstić information content (AvgIpc) is 2.64. The van der Waals surface area contributed by atoms with Crippen LogP contribution in [0.3, 0.4) is 0 Å². The van der Waals surface area contributed by atoms with Crippen molar-refractivity contribution in [1.29, 1.82) is 0 Å². The standard InChI is InChI=1S/C13H20ClN5/c1-18-6-8-19(9-7-18)12-10-2-4-15-5-3-11(10)16-13(14)17-12/h15H,2-9H2,1H3. The molecule has 0 amide bonds. The number of hydrogen-bond donors (Lipinski definition) is 1. The molecule has 0 saturated carbocycles. The van der Waals surface area contributed by atoms with Gasteiger partial charge >= 0.3 is 0 Å². The highest BCUT2D eigenvalue weighted by molar-refractivity contribution is 6.28. The van der Waals surface area contributed by atoms with Crippen molar-refractivity contribution in [2.75, 3.05) is 51.2 Å². The lowest BCUT2D eigenvalue weighted by Gasteiger charge is -2.34. The molecule has 0 bridgehead atoms. The Morgan fingerprint density at radius 3 is 2.58 bits per heavy atom. The molecule has 0 spiro atoms. The quantitative estimate of drug-likeness (QED) is 0.763. The monoisotopic (exact) mass is 281 g/mol. The third-order valence-electron chi connectivity index (χ3n) is 3.94. The fourth-order valence-corrected chi connectivity index (χ4v) is 2.96. The number of piperazine rings is 1. The molecule has 0 aromatic carbocycles. The van der Waals surface area contributed by atoms with Crippen LogP contribution in [0.4, 0.5) is 5.82 Å². The van der Waals surface area contributed by atoms with E-state index in [1.807, 2.05) is 0 Å². The summed E-state index contributed by atoms with van der Waals surface area (Å²) in [5.41, 5.74) is 2.41. The first-order chi connectivity index (χ1) is 9.24. The first-order valence-corrected chi connectivity index (χ1v) is 7.31. The molecule has 3 rings (SSSR count). The molecular formula is C13H20ClN5. The molecule has 6 heteroatoms. The predicted octanol–water partition coefficient (Wildman–Crippen LogP) is 0.570. The fraction of sp³-hybridized carbons (Fsp3) is 0.692. The summed E-state index contributed by atoms with van der Waals surface area (Å²) < 4.78 is 0. The molecule has 19 heavy (non-hydrogen) atoms. The fourth-order valence-electron chi connectivity index (χ4n) is 2.78. The van der Waals surface area contributed by atoms with Gasteiger partial charge in [0.1, 0.15) is 5.82 Å². The maximum Gasteiger partial charge on any atom is 0.224 e. The van der Waals surface area contributed by atoms with Crippen LogP contribution in [0.15, 0.2) is 0 Å². The van der Waals surface area contributed by atoms with Crippen molar-refractivity contribution >= 4 is 17.4 Å². The zero-order chi connectivity index (χ0) is 13.2. The second kappa shape index (κ2) is 5.61. The maximum absolute atomic E-state index is 6.10. The number of nitrogens with zero attached hydrogens (tertiary/aromatic N) is 4. The first kappa shape index (κ1) is 13.1. The number of anilines is 1. The summed E-state index contributed by atoms with van der Waals surface area (Å²) in [5, 5.41) is 3.80. The van der Waals surface area contributed by atoms with Crippen molar-refractivity contribution < 1.29 is 0 Å². The van der Waals surface area contributed by atoms with Crippen molar-refractivity contribution in [2.24, 2.45) is 0 Å². The molecule has 1 N–H and O–H groups in total. The highest BCUT2D eigenvalue weighted by Crippen LogP contribution is 2.25. The zero-order valence-corrected chi connectivity index (χ0v) is 12.1. The summed E-state index contributed by atoms with van der Waals surface area (Å²) in [7, 11) is 2.16. The number of likely N-dealkylation sites (N-methyl/N-ethyl adjacent to an activating group) is 1. The van der Waals surface area contributed by atoms with Crippen LogP contribution in [0.2, 0.25) is 5.28 Å². The summed E-state index contributed by atoms with van der Waals surface area (Å²) in [4.78, 5) is 13.6. The third kappa shape index (κ3) is 2.83. The van der Waals surface area contributed by atoms with E-state index in [2.05, 4.69) is 32.1 Å². The number of aromatic nitrogens is 2. The van der Waals surface area contributed by atoms with E-state index in [0.717, 1.165) is 63.6 Å². The minimum atomic E-state index is 0.384. The molecule has 0 unspecified atom stereocenters. The molecule has 5 nitrogen and oxygen atoms in total. The maximum atomic E-state index is 6.10. The van der Waals surface area contributed by atoms with Crippen LogP contribution in [-0.4, -0.2) is 61.2 Å². The van der Waals surface area contributed by atoms with Crippen LogP contribution in [0, 0.1) is 0 Å². The lowest BCUT2D eigenvalue weighted by Crippen LogP contribution is -2.45. The van der Waals surface area contributed by atoms with Crippen molar-refractivity contribution in [1.82, 2.24) is 20.2 Å². The van der Waals surface area contributed by atoms with E-state index in [-0.39, 0.29) is 0 Å². The number of rotatable bonds is 1. The third-order valence-corrected chi connectivity index (χ3v) is 4.11. The van der Waals surface area contributed by atoms with Gasteiger partial charge in [-0.3, -0.25) is 0 Å². The van der Waals surface area contributed by atoms with Crippen LogP contribution in [0.5, 0.6) is 0 Å². The molecule has 104 valence electrons. The summed E-state index contributed by atoms with van der Waals surface area (Å²) in [6, 6.07) is 0. The largest absolute Gasteiger partial charge is 0.354 e. The Bertz CT molecular complexity index is 457. The van der Waals surface area contributed by atoms with E-state index in [1.54, 1.807) is 0 Å². The Balaban J connectivity index is 1.93. The zero-order valence-electron chi connectivity index (χ0n) is 11.3. The van der Waals surface area contributed by atoms with Gasteiger partial charge < -0.3 is 15.1 Å². The van der Waals surface area contributed by atoms with Crippen LogP contribution in [0.1, 0.15) is 11.3 Å². The summed E-state index contributed by atoms with van der Waals surface area (Å²) >= 11 is 6.10. The van der Waals surface area contributed by atoms with E-state index in [0.29, 0.717) is 5.28 Å². The molecule has 1 aromatic rings. The van der Waals surface area contributed by atoms with Gasteiger partial charge in [0.15, 0.2) is 0 Å². The Morgan fingerprint density at radius 1 is 1.05 bits per heavy atom. The van der Waals surface area contributed by atoms with Crippen LogP contribution >= 0.6 is 11.6 Å². The predicted molar refractivity (Wildman–Crippen MR) is 77.0 cm³/mol. The van der Waals surface area contributed by atoms with Gasteiger partial charge in [-0.2, -0.15) is 0 Å². The molecule has 0 atom stereocenters. The van der Waals surface area contributed by atoms with Crippen molar-refractivity contribution in [3.8, 4) is 0 Å². The van der Waals surface area contributed by atoms with Crippen molar-refractivity contribution in [3.05, 3.63) is 16.5 Å². The minimum Gasteiger partial charge on any atom is -0.354 e. The van der Waals surface area contributed by atoms with Gasteiger partial charge in [-0.25, -0.2) is 9.97 Å². The molecule has 1 fully saturated rings. The Kier molecular flexibility index (Phi) is 3.86. The van der Waals surface area contributed by atoms with Gasteiger partial charge in [-0.05, 0) is 31.6 Å². The number of nitrogens with one attached hydrogen (secondary N) is 1. The molecule has 0 aliphatic carbocycles. The van der Waals surface area contributed by atoms with Gasteiger partial charge in [-0.15, -0.1) is 0 Å². The molecule has 2 aliphatic rings. The lowest BCUT2D eigenvalue weighted by molar-refractivity contribution is 0.311. The first-order valence-electron chi connectivity index (χ1n) is 6.93. The van der Waals surface area contributed by atoms with E-state index >= 15 is 0 Å². The Hall–Kier alpha value is -0.910. The SMILES string of the molecule is CN1CCN(c2nc(Cl)nc3c2CCNCC3)CC1. The smallest absolute Gasteiger partial charge is 0.224 e.